The second-order valence-corrected chi connectivity index (χ2v) is 7.00. The van der Waals surface area contributed by atoms with E-state index in [2.05, 4.69) is 4.98 Å². The molecular formula is C26H25N3O3. The van der Waals surface area contributed by atoms with Gasteiger partial charge in [0.15, 0.2) is 0 Å². The molecule has 0 atom stereocenters. The molecule has 1 N–H and O–H groups in total. The van der Waals surface area contributed by atoms with Crippen molar-refractivity contribution >= 4 is 34.5 Å². The molecule has 0 saturated carbocycles. The Bertz CT molecular complexity index is 1180. The quantitative estimate of drug-likeness (QED) is 0.215. The first kappa shape index (κ1) is 21.2. The van der Waals surface area contributed by atoms with E-state index in [0.29, 0.717) is 17.9 Å². The van der Waals surface area contributed by atoms with Gasteiger partial charge in [-0.05, 0) is 56.3 Å². The number of rotatable bonds is 8. The van der Waals surface area contributed by atoms with Crippen LogP contribution in [0.3, 0.4) is 0 Å². The molecule has 4 rings (SSSR count). The molecule has 6 heteroatoms. The van der Waals surface area contributed by atoms with Gasteiger partial charge in [-0.1, -0.05) is 36.4 Å². The maximum Gasteiger partial charge on any atom is 0.355 e. The molecule has 0 bridgehead atoms. The molecule has 162 valence electrons. The van der Waals surface area contributed by atoms with Crippen LogP contribution in [0.25, 0.3) is 10.9 Å². The Morgan fingerprint density at radius 1 is 0.938 bits per heavy atom. The first-order chi connectivity index (χ1) is 15.7. The van der Waals surface area contributed by atoms with Crippen LogP contribution in [0.2, 0.25) is 0 Å². The number of hydrogen-bond acceptors (Lipinski definition) is 5. The number of carbonyl (C=O) groups excluding carboxylic acids is 1. The number of aromatic nitrogens is 1. The van der Waals surface area contributed by atoms with E-state index in [1.165, 1.54) is 0 Å². The average Bonchev–Trinajstić information content (AvgIpc) is 3.19. The van der Waals surface area contributed by atoms with Crippen LogP contribution in [-0.4, -0.2) is 30.4 Å². The minimum Gasteiger partial charge on any atom is -0.494 e. The van der Waals surface area contributed by atoms with E-state index < -0.39 is 5.97 Å². The van der Waals surface area contributed by atoms with Crippen LogP contribution in [0, 0.1) is 0 Å². The molecule has 4 aromatic rings. The lowest BCUT2D eigenvalue weighted by Gasteiger charge is -2.19. The Labute approximate surface area is 187 Å². The first-order valence-electron chi connectivity index (χ1n) is 10.6. The summed E-state index contributed by atoms with van der Waals surface area (Å²) in [5, 5.41) is 7.45. The molecule has 0 aliphatic rings. The Kier molecular flexibility index (Phi) is 6.51. The van der Waals surface area contributed by atoms with Gasteiger partial charge in [0, 0.05) is 16.5 Å². The number of benzene rings is 3. The Balaban J connectivity index is 1.83. The predicted octanol–water partition coefficient (Wildman–Crippen LogP) is 5.92. The number of H-pyrrole nitrogens is 1. The van der Waals surface area contributed by atoms with Crippen molar-refractivity contribution in [2.24, 2.45) is 5.10 Å². The number of hydrazone groups is 1. The van der Waals surface area contributed by atoms with Crippen LogP contribution >= 0.6 is 0 Å². The molecule has 0 spiro atoms. The minimum atomic E-state index is -0.422. The first-order valence-corrected chi connectivity index (χ1v) is 10.6. The summed E-state index contributed by atoms with van der Waals surface area (Å²) in [7, 11) is 0. The monoisotopic (exact) mass is 427 g/mol. The normalized spacial score (nSPS) is 11.1. The van der Waals surface area contributed by atoms with Gasteiger partial charge < -0.3 is 14.5 Å². The lowest BCUT2D eigenvalue weighted by Crippen LogP contribution is -2.11. The van der Waals surface area contributed by atoms with Gasteiger partial charge >= 0.3 is 5.97 Å². The standard InChI is InChI=1S/C26H25N3O3/c1-3-31-21-15-16-24-22(17-21)23(25(28-24)26(30)32-4-2)18-27-29(19-11-7-5-8-12-19)20-13-9-6-10-14-20/h5-18,28H,3-4H2,1-2H3. The number of fused-ring (bicyclic) bond motifs is 1. The Morgan fingerprint density at radius 2 is 1.59 bits per heavy atom. The van der Waals surface area contributed by atoms with Gasteiger partial charge in [0.1, 0.15) is 11.4 Å². The number of ether oxygens (including phenoxy) is 2. The Morgan fingerprint density at radius 3 is 2.19 bits per heavy atom. The third kappa shape index (κ3) is 4.49. The summed E-state index contributed by atoms with van der Waals surface area (Å²) < 4.78 is 10.9. The van der Waals surface area contributed by atoms with Crippen molar-refractivity contribution in [3.8, 4) is 5.75 Å². The van der Waals surface area contributed by atoms with Crippen molar-refractivity contribution in [1.82, 2.24) is 4.98 Å². The van der Waals surface area contributed by atoms with Crippen LogP contribution in [-0.2, 0) is 4.74 Å². The molecule has 1 heterocycles. The van der Waals surface area contributed by atoms with Crippen LogP contribution in [0.15, 0.2) is 84.0 Å². The van der Waals surface area contributed by atoms with E-state index in [1.807, 2.05) is 90.8 Å². The van der Waals surface area contributed by atoms with Crippen molar-refractivity contribution in [2.75, 3.05) is 18.2 Å². The number of para-hydroxylation sites is 2. The van der Waals surface area contributed by atoms with E-state index in [-0.39, 0.29) is 6.61 Å². The third-order valence-corrected chi connectivity index (χ3v) is 4.90. The zero-order valence-corrected chi connectivity index (χ0v) is 18.1. The fourth-order valence-corrected chi connectivity index (χ4v) is 3.48. The van der Waals surface area contributed by atoms with Crippen LogP contribution in [0.1, 0.15) is 29.9 Å². The van der Waals surface area contributed by atoms with E-state index in [9.17, 15) is 4.79 Å². The molecule has 0 amide bonds. The van der Waals surface area contributed by atoms with Gasteiger partial charge in [-0.3, -0.25) is 0 Å². The molecule has 6 nitrogen and oxygen atoms in total. The highest BCUT2D eigenvalue weighted by atomic mass is 16.5. The van der Waals surface area contributed by atoms with E-state index in [4.69, 9.17) is 14.6 Å². The van der Waals surface area contributed by atoms with Crippen molar-refractivity contribution < 1.29 is 14.3 Å². The van der Waals surface area contributed by atoms with Gasteiger partial charge in [-0.2, -0.15) is 5.10 Å². The topological polar surface area (TPSA) is 66.9 Å². The van der Waals surface area contributed by atoms with Crippen LogP contribution in [0.5, 0.6) is 5.75 Å². The molecule has 0 fully saturated rings. The molecule has 32 heavy (non-hydrogen) atoms. The highest BCUT2D eigenvalue weighted by Crippen LogP contribution is 2.28. The molecule has 0 aliphatic heterocycles. The molecule has 0 aliphatic carbocycles. The van der Waals surface area contributed by atoms with E-state index >= 15 is 0 Å². The number of nitrogens with zero attached hydrogens (tertiary/aromatic N) is 2. The van der Waals surface area contributed by atoms with Crippen molar-refractivity contribution in [2.45, 2.75) is 13.8 Å². The van der Waals surface area contributed by atoms with Gasteiger partial charge in [-0.15, -0.1) is 0 Å². The number of carbonyl (C=O) groups is 1. The number of esters is 1. The zero-order chi connectivity index (χ0) is 22.3. The fourth-order valence-electron chi connectivity index (χ4n) is 3.48. The van der Waals surface area contributed by atoms with Gasteiger partial charge in [0.25, 0.3) is 0 Å². The second-order valence-electron chi connectivity index (χ2n) is 7.00. The van der Waals surface area contributed by atoms with Crippen LogP contribution < -0.4 is 9.75 Å². The molecule has 1 aromatic heterocycles. The summed E-state index contributed by atoms with van der Waals surface area (Å²) >= 11 is 0. The lowest BCUT2D eigenvalue weighted by atomic mass is 10.1. The summed E-state index contributed by atoms with van der Waals surface area (Å²) in [5.74, 6) is 0.307. The smallest absolute Gasteiger partial charge is 0.355 e. The SMILES string of the molecule is CCOC(=O)c1[nH]c2ccc(OCC)cc2c1C=NN(c1ccccc1)c1ccccc1. The van der Waals surface area contributed by atoms with Gasteiger partial charge in [0.05, 0.1) is 30.8 Å². The summed E-state index contributed by atoms with van der Waals surface area (Å²) in [6, 6.07) is 25.4. The van der Waals surface area contributed by atoms with Gasteiger partial charge in [0.2, 0.25) is 0 Å². The number of anilines is 2. The molecule has 0 saturated heterocycles. The molecular weight excluding hydrogens is 402 g/mol. The minimum absolute atomic E-state index is 0.287. The van der Waals surface area contributed by atoms with Crippen molar-refractivity contribution in [1.29, 1.82) is 0 Å². The maximum atomic E-state index is 12.7. The summed E-state index contributed by atoms with van der Waals surface area (Å²) in [4.78, 5) is 15.9. The fraction of sp³-hybridized carbons (Fsp3) is 0.154. The predicted molar refractivity (Wildman–Crippen MR) is 128 cm³/mol. The summed E-state index contributed by atoms with van der Waals surface area (Å²) in [6.45, 7) is 4.56. The summed E-state index contributed by atoms with van der Waals surface area (Å²) in [5.41, 5.74) is 3.63. The van der Waals surface area contributed by atoms with Crippen molar-refractivity contribution in [3.05, 3.63) is 90.1 Å². The largest absolute Gasteiger partial charge is 0.494 e. The number of aromatic amines is 1. The van der Waals surface area contributed by atoms with E-state index in [1.54, 1.807) is 13.1 Å². The Hall–Kier alpha value is -4.06. The van der Waals surface area contributed by atoms with E-state index in [0.717, 1.165) is 28.0 Å². The maximum absolute atomic E-state index is 12.7. The lowest BCUT2D eigenvalue weighted by molar-refractivity contribution is 0.0520. The molecule has 0 unspecified atom stereocenters. The van der Waals surface area contributed by atoms with Crippen LogP contribution in [0.4, 0.5) is 11.4 Å². The van der Waals surface area contributed by atoms with Gasteiger partial charge in [-0.25, -0.2) is 9.80 Å². The highest BCUT2D eigenvalue weighted by Gasteiger charge is 2.19. The molecule has 0 radical (unpaired) electrons. The molecule has 3 aromatic carbocycles. The third-order valence-electron chi connectivity index (χ3n) is 4.90. The number of hydrogen-bond donors (Lipinski definition) is 1. The zero-order valence-electron chi connectivity index (χ0n) is 18.1. The number of nitrogens with one attached hydrogen (secondary N) is 1. The highest BCUT2D eigenvalue weighted by molar-refractivity contribution is 6.09. The van der Waals surface area contributed by atoms with Crippen molar-refractivity contribution in [3.63, 3.8) is 0 Å². The summed E-state index contributed by atoms with van der Waals surface area (Å²) in [6.07, 6.45) is 1.70. The second kappa shape index (κ2) is 9.83. The average molecular weight is 428 g/mol.